The average Bonchev–Trinajstić information content (AvgIpc) is 2.86. The van der Waals surface area contributed by atoms with E-state index in [9.17, 15) is 4.79 Å². The second-order valence-electron chi connectivity index (χ2n) is 5.06. The van der Waals surface area contributed by atoms with Gasteiger partial charge in [0.15, 0.2) is 0 Å². The van der Waals surface area contributed by atoms with Crippen molar-refractivity contribution in [2.24, 2.45) is 0 Å². The van der Waals surface area contributed by atoms with E-state index in [-0.39, 0.29) is 30.7 Å². The van der Waals surface area contributed by atoms with Crippen molar-refractivity contribution in [2.45, 2.75) is 32.7 Å². The summed E-state index contributed by atoms with van der Waals surface area (Å²) in [6.45, 7) is 5.99. The van der Waals surface area contributed by atoms with Crippen LogP contribution in [0.3, 0.4) is 0 Å². The number of aryl methyl sites for hydroxylation is 1. The van der Waals surface area contributed by atoms with Gasteiger partial charge in [-0.15, -0.1) is 36.2 Å². The molecule has 1 unspecified atom stereocenters. The molecule has 2 rings (SSSR count). The Balaban J connectivity index is 0.00000220. The molecule has 0 aliphatic rings. The number of nitrogens with one attached hydrogen (secondary N) is 1. The van der Waals surface area contributed by atoms with E-state index in [0.29, 0.717) is 11.3 Å². The van der Waals surface area contributed by atoms with Crippen LogP contribution in [0.2, 0.25) is 0 Å². The Bertz CT molecular complexity index is 633. The molecule has 0 radical (unpaired) electrons. The minimum absolute atomic E-state index is 0. The summed E-state index contributed by atoms with van der Waals surface area (Å²) in [5.41, 5.74) is 7.39. The lowest BCUT2D eigenvalue weighted by atomic mass is 9.99. The van der Waals surface area contributed by atoms with E-state index in [1.54, 1.807) is 35.6 Å². The quantitative estimate of drug-likeness (QED) is 0.810. The number of nitrogens with zero attached hydrogens (tertiary/aromatic N) is 1. The lowest BCUT2D eigenvalue weighted by Crippen LogP contribution is -2.43. The van der Waals surface area contributed by atoms with Crippen LogP contribution in [0.25, 0.3) is 0 Å². The SMILES string of the molecule is CCC(C)(NC(=O)c1cccc(N)c1)c1nc(C)cs1.Cl.Cl. The number of halogens is 2. The normalized spacial score (nSPS) is 12.5. The maximum atomic E-state index is 12.4. The second kappa shape index (κ2) is 8.36. The number of amides is 1. The Morgan fingerprint density at radius 1 is 1.41 bits per heavy atom. The molecule has 2 aromatic rings. The predicted octanol–water partition coefficient (Wildman–Crippen LogP) is 3.93. The van der Waals surface area contributed by atoms with Crippen molar-refractivity contribution in [1.82, 2.24) is 10.3 Å². The minimum atomic E-state index is -0.458. The zero-order valence-electron chi connectivity index (χ0n) is 12.8. The highest BCUT2D eigenvalue weighted by Crippen LogP contribution is 2.28. The largest absolute Gasteiger partial charge is 0.399 e. The summed E-state index contributed by atoms with van der Waals surface area (Å²) >= 11 is 1.57. The van der Waals surface area contributed by atoms with Crippen molar-refractivity contribution < 1.29 is 4.79 Å². The third-order valence-electron chi connectivity index (χ3n) is 3.34. The number of nitrogen functional groups attached to an aromatic ring is 1. The van der Waals surface area contributed by atoms with Crippen LogP contribution in [0.1, 0.15) is 41.3 Å². The van der Waals surface area contributed by atoms with Crippen molar-refractivity contribution in [3.05, 3.63) is 45.9 Å². The molecular weight excluding hydrogens is 341 g/mol. The molecule has 0 saturated heterocycles. The van der Waals surface area contributed by atoms with Crippen LogP contribution in [0, 0.1) is 6.92 Å². The van der Waals surface area contributed by atoms with Gasteiger partial charge in [0.1, 0.15) is 5.01 Å². The first kappa shape index (κ1) is 20.7. The van der Waals surface area contributed by atoms with Crippen LogP contribution in [0.15, 0.2) is 29.6 Å². The van der Waals surface area contributed by atoms with Crippen LogP contribution in [0.5, 0.6) is 0 Å². The summed E-state index contributed by atoms with van der Waals surface area (Å²) in [4.78, 5) is 16.9. The zero-order chi connectivity index (χ0) is 14.8. The van der Waals surface area contributed by atoms with E-state index < -0.39 is 5.54 Å². The number of carbonyl (C=O) groups excluding carboxylic acids is 1. The molecule has 22 heavy (non-hydrogen) atoms. The Kier molecular flexibility index (Phi) is 7.87. The number of aromatic nitrogens is 1. The summed E-state index contributed by atoms with van der Waals surface area (Å²) in [7, 11) is 0. The van der Waals surface area contributed by atoms with Gasteiger partial charge in [0.05, 0.1) is 5.54 Å². The van der Waals surface area contributed by atoms with E-state index in [0.717, 1.165) is 17.1 Å². The number of rotatable bonds is 4. The van der Waals surface area contributed by atoms with E-state index in [1.807, 2.05) is 26.2 Å². The molecule has 1 amide bonds. The van der Waals surface area contributed by atoms with Crippen LogP contribution >= 0.6 is 36.2 Å². The molecule has 1 atom stereocenters. The van der Waals surface area contributed by atoms with E-state index >= 15 is 0 Å². The maximum Gasteiger partial charge on any atom is 0.252 e. The number of hydrogen-bond donors (Lipinski definition) is 2. The van der Waals surface area contributed by atoms with Crippen LogP contribution in [-0.4, -0.2) is 10.9 Å². The number of nitrogens with two attached hydrogens (primary N) is 1. The third-order valence-corrected chi connectivity index (χ3v) is 4.56. The first-order chi connectivity index (χ1) is 9.44. The molecule has 3 N–H and O–H groups in total. The van der Waals surface area contributed by atoms with Crippen molar-refractivity contribution in [3.8, 4) is 0 Å². The fourth-order valence-corrected chi connectivity index (χ4v) is 2.89. The van der Waals surface area contributed by atoms with Crippen molar-refractivity contribution in [3.63, 3.8) is 0 Å². The average molecular weight is 362 g/mol. The van der Waals surface area contributed by atoms with Crippen LogP contribution in [0.4, 0.5) is 5.69 Å². The molecule has 0 bridgehead atoms. The highest BCUT2D eigenvalue weighted by molar-refractivity contribution is 7.09. The lowest BCUT2D eigenvalue weighted by molar-refractivity contribution is 0.0902. The smallest absolute Gasteiger partial charge is 0.252 e. The van der Waals surface area contributed by atoms with E-state index in [1.165, 1.54) is 0 Å². The first-order valence-corrected chi connectivity index (χ1v) is 7.43. The van der Waals surface area contributed by atoms with E-state index in [2.05, 4.69) is 10.3 Å². The van der Waals surface area contributed by atoms with E-state index in [4.69, 9.17) is 5.73 Å². The van der Waals surface area contributed by atoms with Crippen molar-refractivity contribution >= 4 is 47.7 Å². The van der Waals surface area contributed by atoms with Crippen molar-refractivity contribution in [2.75, 3.05) is 5.73 Å². The van der Waals surface area contributed by atoms with Crippen LogP contribution < -0.4 is 11.1 Å². The van der Waals surface area contributed by atoms with Gasteiger partial charge in [-0.1, -0.05) is 13.0 Å². The number of thiazole rings is 1. The Morgan fingerprint density at radius 3 is 2.59 bits per heavy atom. The standard InChI is InChI=1S/C15H19N3OS.2ClH/c1-4-15(3,14-17-10(2)9-20-14)18-13(19)11-6-5-7-12(16)8-11;;/h5-9H,4,16H2,1-3H3,(H,18,19);2*1H. The molecule has 0 saturated carbocycles. The second-order valence-corrected chi connectivity index (χ2v) is 5.92. The van der Waals surface area contributed by atoms with Gasteiger partial charge in [-0.3, -0.25) is 4.79 Å². The minimum Gasteiger partial charge on any atom is -0.399 e. The molecule has 0 aliphatic heterocycles. The Labute approximate surface area is 147 Å². The topological polar surface area (TPSA) is 68.0 Å². The molecule has 122 valence electrons. The summed E-state index contributed by atoms with van der Waals surface area (Å²) in [5.74, 6) is -0.130. The molecule has 0 spiro atoms. The van der Waals surface area contributed by atoms with Gasteiger partial charge in [0.2, 0.25) is 0 Å². The molecular formula is C15H21Cl2N3OS. The number of anilines is 1. The number of benzene rings is 1. The van der Waals surface area contributed by atoms with Gasteiger partial charge in [-0.25, -0.2) is 4.98 Å². The van der Waals surface area contributed by atoms with Gasteiger partial charge in [-0.05, 0) is 38.5 Å². The van der Waals surface area contributed by atoms with Crippen molar-refractivity contribution in [1.29, 1.82) is 0 Å². The molecule has 7 heteroatoms. The molecule has 1 aromatic carbocycles. The maximum absolute atomic E-state index is 12.4. The monoisotopic (exact) mass is 361 g/mol. The first-order valence-electron chi connectivity index (χ1n) is 6.55. The summed E-state index contributed by atoms with van der Waals surface area (Å²) in [6.07, 6.45) is 0.772. The lowest BCUT2D eigenvalue weighted by Gasteiger charge is -2.27. The molecule has 4 nitrogen and oxygen atoms in total. The highest BCUT2D eigenvalue weighted by Gasteiger charge is 2.30. The fourth-order valence-electron chi connectivity index (χ4n) is 1.90. The van der Waals surface area contributed by atoms with Gasteiger partial charge in [0.25, 0.3) is 5.91 Å². The zero-order valence-corrected chi connectivity index (χ0v) is 15.2. The van der Waals surface area contributed by atoms with Gasteiger partial charge >= 0.3 is 0 Å². The molecule has 0 fully saturated rings. The van der Waals surface area contributed by atoms with Gasteiger partial charge in [0, 0.05) is 22.3 Å². The third kappa shape index (κ3) is 4.60. The van der Waals surface area contributed by atoms with Gasteiger partial charge in [-0.2, -0.15) is 0 Å². The predicted molar refractivity (Wildman–Crippen MR) is 97.3 cm³/mol. The molecule has 0 aliphatic carbocycles. The molecule has 1 aromatic heterocycles. The van der Waals surface area contributed by atoms with Crippen LogP contribution in [-0.2, 0) is 5.54 Å². The number of carbonyl (C=O) groups is 1. The summed E-state index contributed by atoms with van der Waals surface area (Å²) in [5, 5.41) is 5.99. The Hall–Kier alpha value is -1.30. The summed E-state index contributed by atoms with van der Waals surface area (Å²) in [6, 6.07) is 6.98. The number of hydrogen-bond acceptors (Lipinski definition) is 4. The highest BCUT2D eigenvalue weighted by atomic mass is 35.5. The Morgan fingerprint density at radius 2 is 2.09 bits per heavy atom. The fraction of sp³-hybridized carbons (Fsp3) is 0.333. The van der Waals surface area contributed by atoms with Gasteiger partial charge < -0.3 is 11.1 Å². The summed E-state index contributed by atoms with van der Waals surface area (Å²) < 4.78 is 0. The molecule has 1 heterocycles.